The third-order valence-corrected chi connectivity index (χ3v) is 1.92. The average Bonchev–Trinajstić information content (AvgIpc) is 2.31. The number of methoxy groups -OCH3 is 1. The second kappa shape index (κ2) is 9.65. The molecule has 0 heterocycles. The van der Waals surface area contributed by atoms with E-state index in [2.05, 4.69) is 10.8 Å². The Hall–Kier alpha value is -1.56. The normalized spacial score (nSPS) is 10.9. The van der Waals surface area contributed by atoms with Crippen molar-refractivity contribution < 1.29 is 19.2 Å². The van der Waals surface area contributed by atoms with Gasteiger partial charge in [-0.2, -0.15) is 0 Å². The van der Waals surface area contributed by atoms with Crippen LogP contribution in [-0.4, -0.2) is 25.7 Å². The summed E-state index contributed by atoms with van der Waals surface area (Å²) in [7, 11) is 1.44. The molecule has 0 aliphatic rings. The third kappa shape index (κ3) is 7.35. The molecule has 0 atom stereocenters. The molecular weight excluding hydrogens is 224 g/mol. The van der Waals surface area contributed by atoms with Gasteiger partial charge < -0.3 is 4.74 Å². The molecule has 0 saturated heterocycles. The van der Waals surface area contributed by atoms with Crippen LogP contribution in [0.5, 0.6) is 0 Å². The summed E-state index contributed by atoms with van der Waals surface area (Å²) in [4.78, 5) is 27.5. The second-order valence-electron chi connectivity index (χ2n) is 3.32. The number of hydrogen-bond acceptors (Lipinski definition) is 4. The molecule has 2 N–H and O–H groups in total. The Bertz CT molecular complexity index is 277. The molecule has 0 aromatic heterocycles. The van der Waals surface area contributed by atoms with Gasteiger partial charge in [0.2, 0.25) is 0 Å². The predicted molar refractivity (Wildman–Crippen MR) is 62.9 cm³/mol. The van der Waals surface area contributed by atoms with Gasteiger partial charge in [-0.05, 0) is 12.8 Å². The van der Waals surface area contributed by atoms with Crippen molar-refractivity contribution in [3.05, 3.63) is 11.8 Å². The number of urea groups is 1. The van der Waals surface area contributed by atoms with E-state index in [1.165, 1.54) is 13.4 Å². The Morgan fingerprint density at radius 1 is 1.29 bits per heavy atom. The molecular formula is C11H20N2O4. The number of carbonyl (C=O) groups excluding carboxylic acids is 2. The van der Waals surface area contributed by atoms with Gasteiger partial charge in [-0.15, -0.1) is 0 Å². The number of imide groups is 1. The zero-order valence-corrected chi connectivity index (χ0v) is 10.5. The van der Waals surface area contributed by atoms with Gasteiger partial charge >= 0.3 is 6.03 Å². The summed E-state index contributed by atoms with van der Waals surface area (Å²) in [6.45, 7) is 4.22. The highest BCUT2D eigenvalue weighted by Gasteiger charge is 2.11. The molecule has 98 valence electrons. The number of unbranched alkanes of at least 4 members (excludes halogenated alkanes) is 1. The van der Waals surface area contributed by atoms with Crippen LogP contribution in [0.3, 0.4) is 0 Å². The Labute approximate surface area is 101 Å². The number of nitrogens with one attached hydrogen (secondary N) is 2. The van der Waals surface area contributed by atoms with Crippen LogP contribution in [0.2, 0.25) is 0 Å². The average molecular weight is 244 g/mol. The first-order valence-corrected chi connectivity index (χ1v) is 5.60. The maximum absolute atomic E-state index is 11.5. The lowest BCUT2D eigenvalue weighted by Crippen LogP contribution is -2.40. The lowest BCUT2D eigenvalue weighted by Gasteiger charge is -2.07. The molecule has 0 radical (unpaired) electrons. The zero-order chi connectivity index (χ0) is 13.1. The zero-order valence-electron chi connectivity index (χ0n) is 10.5. The van der Waals surface area contributed by atoms with E-state index in [0.29, 0.717) is 18.6 Å². The van der Waals surface area contributed by atoms with Gasteiger partial charge in [0.05, 0.1) is 25.6 Å². The molecule has 3 amide bonds. The summed E-state index contributed by atoms with van der Waals surface area (Å²) in [5.41, 5.74) is 2.52. The van der Waals surface area contributed by atoms with E-state index >= 15 is 0 Å². The number of amides is 3. The maximum atomic E-state index is 11.5. The molecule has 17 heavy (non-hydrogen) atoms. The largest absolute Gasteiger partial charge is 0.504 e. The smallest absolute Gasteiger partial charge is 0.345 e. The van der Waals surface area contributed by atoms with E-state index < -0.39 is 11.9 Å². The van der Waals surface area contributed by atoms with Crippen molar-refractivity contribution in [1.29, 1.82) is 0 Å². The molecule has 0 unspecified atom stereocenters. The summed E-state index contributed by atoms with van der Waals surface area (Å²) in [6.07, 6.45) is 3.60. The molecule has 0 fully saturated rings. The fourth-order valence-electron chi connectivity index (χ4n) is 0.982. The van der Waals surface area contributed by atoms with E-state index in [-0.39, 0.29) is 0 Å². The topological polar surface area (TPSA) is 76.7 Å². The van der Waals surface area contributed by atoms with E-state index in [4.69, 9.17) is 9.57 Å². The predicted octanol–water partition coefficient (Wildman–Crippen LogP) is 1.48. The third-order valence-electron chi connectivity index (χ3n) is 1.92. The first kappa shape index (κ1) is 15.4. The van der Waals surface area contributed by atoms with Gasteiger partial charge in [-0.25, -0.2) is 10.3 Å². The van der Waals surface area contributed by atoms with E-state index in [1.807, 2.05) is 6.92 Å². The lowest BCUT2D eigenvalue weighted by molar-refractivity contribution is -0.117. The van der Waals surface area contributed by atoms with Crippen LogP contribution in [0.1, 0.15) is 33.1 Å². The highest BCUT2D eigenvalue weighted by Crippen LogP contribution is 2.00. The van der Waals surface area contributed by atoms with Gasteiger partial charge in [0, 0.05) is 0 Å². The fourth-order valence-corrected chi connectivity index (χ4v) is 0.982. The summed E-state index contributed by atoms with van der Waals surface area (Å²) < 4.78 is 4.72. The highest BCUT2D eigenvalue weighted by atomic mass is 16.7. The minimum atomic E-state index is -0.679. The van der Waals surface area contributed by atoms with Crippen LogP contribution >= 0.6 is 0 Å². The number of carbonyl (C=O) groups is 2. The van der Waals surface area contributed by atoms with E-state index in [1.54, 1.807) is 6.92 Å². The minimum Gasteiger partial charge on any atom is -0.504 e. The maximum Gasteiger partial charge on any atom is 0.345 e. The second-order valence-corrected chi connectivity index (χ2v) is 3.32. The van der Waals surface area contributed by atoms with Crippen molar-refractivity contribution in [2.45, 2.75) is 33.1 Å². The Morgan fingerprint density at radius 2 is 2.00 bits per heavy atom. The molecule has 0 rings (SSSR count). The number of hydrogen-bond donors (Lipinski definition) is 2. The van der Waals surface area contributed by atoms with Gasteiger partial charge in [0.25, 0.3) is 5.91 Å². The van der Waals surface area contributed by atoms with Gasteiger partial charge in [-0.3, -0.25) is 14.9 Å². The first-order chi connectivity index (χ1) is 8.15. The molecule has 0 spiro atoms. The van der Waals surface area contributed by atoms with Crippen molar-refractivity contribution >= 4 is 11.9 Å². The molecule has 0 aromatic carbocycles. The van der Waals surface area contributed by atoms with Crippen molar-refractivity contribution in [2.75, 3.05) is 13.7 Å². The molecule has 0 aliphatic carbocycles. The SMILES string of the molecule is CCCCONC(=O)NC(=O)/C(=C/OC)CC. The van der Waals surface area contributed by atoms with Crippen LogP contribution < -0.4 is 10.8 Å². The van der Waals surface area contributed by atoms with Crippen LogP contribution in [0.4, 0.5) is 4.79 Å². The standard InChI is InChI=1S/C11H20N2O4/c1-4-6-7-17-13-11(15)12-10(14)9(5-2)8-16-3/h8H,4-7H2,1-3H3,(H2,12,13,14,15)/b9-8+. The summed E-state index contributed by atoms with van der Waals surface area (Å²) in [5, 5.41) is 2.13. The van der Waals surface area contributed by atoms with Crippen LogP contribution in [-0.2, 0) is 14.4 Å². The fraction of sp³-hybridized carbons (Fsp3) is 0.636. The van der Waals surface area contributed by atoms with Crippen LogP contribution in [0, 0.1) is 0 Å². The quantitative estimate of drug-likeness (QED) is 0.308. The lowest BCUT2D eigenvalue weighted by atomic mass is 10.2. The van der Waals surface area contributed by atoms with Crippen molar-refractivity contribution in [1.82, 2.24) is 10.8 Å². The van der Waals surface area contributed by atoms with Crippen LogP contribution in [0.25, 0.3) is 0 Å². The Kier molecular flexibility index (Phi) is 8.77. The highest BCUT2D eigenvalue weighted by molar-refractivity contribution is 6.03. The van der Waals surface area contributed by atoms with Gasteiger partial charge in [-0.1, -0.05) is 20.3 Å². The number of rotatable bonds is 7. The van der Waals surface area contributed by atoms with Crippen molar-refractivity contribution in [3.8, 4) is 0 Å². The molecule has 0 saturated carbocycles. The van der Waals surface area contributed by atoms with Crippen molar-refractivity contribution in [2.24, 2.45) is 0 Å². The number of hydroxylamine groups is 1. The minimum absolute atomic E-state index is 0.385. The van der Waals surface area contributed by atoms with Gasteiger partial charge in [0.15, 0.2) is 0 Å². The monoisotopic (exact) mass is 244 g/mol. The van der Waals surface area contributed by atoms with Crippen molar-refractivity contribution in [3.63, 3.8) is 0 Å². The van der Waals surface area contributed by atoms with E-state index in [0.717, 1.165) is 12.8 Å². The van der Waals surface area contributed by atoms with Crippen LogP contribution in [0.15, 0.2) is 11.8 Å². The summed E-state index contributed by atoms with van der Waals surface area (Å²) in [5.74, 6) is -0.494. The number of ether oxygens (including phenoxy) is 1. The molecule has 6 heteroatoms. The molecule has 6 nitrogen and oxygen atoms in total. The summed E-state index contributed by atoms with van der Waals surface area (Å²) in [6, 6.07) is -0.679. The molecule has 0 aromatic rings. The summed E-state index contributed by atoms with van der Waals surface area (Å²) >= 11 is 0. The van der Waals surface area contributed by atoms with Gasteiger partial charge in [0.1, 0.15) is 0 Å². The Balaban J connectivity index is 3.94. The molecule has 0 bridgehead atoms. The molecule has 0 aliphatic heterocycles. The van der Waals surface area contributed by atoms with E-state index in [9.17, 15) is 9.59 Å². The Morgan fingerprint density at radius 3 is 2.53 bits per heavy atom. The first-order valence-electron chi connectivity index (χ1n) is 5.60.